The molecule has 0 aromatic rings. The van der Waals surface area contributed by atoms with Gasteiger partial charge in [-0.1, -0.05) is 0 Å². The zero-order chi connectivity index (χ0) is 5.41. The van der Waals surface area contributed by atoms with E-state index in [1.807, 2.05) is 0 Å². The van der Waals surface area contributed by atoms with Gasteiger partial charge in [-0.05, 0) is 0 Å². The molecular weight excluding hydrogens is 135 g/mol. The summed E-state index contributed by atoms with van der Waals surface area (Å²) in [6.45, 7) is 2.64. The van der Waals surface area contributed by atoms with E-state index in [-0.39, 0.29) is 17.1 Å². The topological polar surface area (TPSA) is 34.1 Å². The Morgan fingerprint density at radius 2 is 1.00 bits per heavy atom. The monoisotopic (exact) mass is 141 g/mol. The van der Waals surface area contributed by atoms with Crippen LogP contribution in [0.5, 0.6) is 0 Å². The molecule has 41 valence electrons. The van der Waals surface area contributed by atoms with Crippen molar-refractivity contribution in [2.24, 2.45) is 0 Å². The van der Waals surface area contributed by atoms with Gasteiger partial charge in [-0.25, -0.2) is 0 Å². The van der Waals surface area contributed by atoms with Gasteiger partial charge in [-0.3, -0.25) is 12.6 Å². The van der Waals surface area contributed by atoms with Gasteiger partial charge < -0.3 is 9.59 Å². The number of rotatable bonds is 0. The summed E-state index contributed by atoms with van der Waals surface area (Å²) in [5, 5.41) is 0. The molecule has 0 fully saturated rings. The molecule has 3 heteroatoms. The van der Waals surface area contributed by atoms with E-state index in [0.717, 1.165) is 0 Å². The van der Waals surface area contributed by atoms with Crippen molar-refractivity contribution >= 4 is 12.6 Å². The predicted octanol–water partition coefficient (Wildman–Crippen LogP) is 0.230. The van der Waals surface area contributed by atoms with Crippen LogP contribution in [0.1, 0.15) is 13.8 Å². The fourth-order valence-electron chi connectivity index (χ4n) is 0. The molecule has 0 N–H and O–H groups in total. The van der Waals surface area contributed by atoms with Crippen molar-refractivity contribution in [2.75, 3.05) is 0 Å². The van der Waals surface area contributed by atoms with Crippen molar-refractivity contribution in [1.29, 1.82) is 0 Å². The van der Waals surface area contributed by atoms with Crippen LogP contribution in [0, 0.1) is 0 Å². The smallest absolute Gasteiger partial charge is 0.542 e. The third kappa shape index (κ3) is 4420. The Kier molecular flexibility index (Phi) is 90.4. The van der Waals surface area contributed by atoms with Crippen molar-refractivity contribution in [1.82, 2.24) is 0 Å². The molecule has 0 aromatic heterocycles. The van der Waals surface area contributed by atoms with Gasteiger partial charge in [0.2, 0.25) is 0 Å². The van der Waals surface area contributed by atoms with E-state index in [0.29, 0.717) is 0 Å². The van der Waals surface area contributed by atoms with E-state index in [4.69, 9.17) is 9.59 Å². The SMILES string of the molecule is C[C-]=O.C[C-]=O.[Mn+2]. The molecule has 7 heavy (non-hydrogen) atoms. The van der Waals surface area contributed by atoms with Gasteiger partial charge in [-0.2, -0.15) is 13.8 Å². The van der Waals surface area contributed by atoms with Crippen LogP contribution in [-0.2, 0) is 26.7 Å². The molecule has 0 saturated heterocycles. The van der Waals surface area contributed by atoms with Gasteiger partial charge in [0.25, 0.3) is 0 Å². The first-order valence-corrected chi connectivity index (χ1v) is 1.41. The zero-order valence-electron chi connectivity index (χ0n) is 4.19. The fraction of sp³-hybridized carbons (Fsp3) is 0.500. The van der Waals surface area contributed by atoms with Crippen molar-refractivity contribution in [3.8, 4) is 0 Å². The summed E-state index contributed by atoms with van der Waals surface area (Å²) in [6.07, 6.45) is 3.00. The van der Waals surface area contributed by atoms with Crippen LogP contribution in [0.3, 0.4) is 0 Å². The first kappa shape index (κ1) is 15.8. The summed E-state index contributed by atoms with van der Waals surface area (Å²) in [6, 6.07) is 0. The Hall–Kier alpha value is -0.141. The molecule has 0 bridgehead atoms. The Morgan fingerprint density at radius 3 is 1.00 bits per heavy atom. The molecule has 0 spiro atoms. The van der Waals surface area contributed by atoms with Crippen LogP contribution >= 0.6 is 0 Å². The minimum Gasteiger partial charge on any atom is -0.542 e. The summed E-state index contributed by atoms with van der Waals surface area (Å²) >= 11 is 0. The maximum Gasteiger partial charge on any atom is 2.00 e. The Labute approximate surface area is 53.8 Å². The van der Waals surface area contributed by atoms with Gasteiger partial charge in [-0.15, -0.1) is 0 Å². The van der Waals surface area contributed by atoms with Gasteiger partial charge in [0.05, 0.1) is 0 Å². The Balaban J connectivity index is -0.0000000400. The largest absolute Gasteiger partial charge is 2.00 e. The molecule has 0 aliphatic rings. The molecule has 1 radical (unpaired) electrons. The number of hydrogen-bond donors (Lipinski definition) is 0. The maximum atomic E-state index is 8.68. The summed E-state index contributed by atoms with van der Waals surface area (Å²) < 4.78 is 0. The van der Waals surface area contributed by atoms with Gasteiger partial charge >= 0.3 is 17.1 Å². The summed E-state index contributed by atoms with van der Waals surface area (Å²) in [4.78, 5) is 17.4. The van der Waals surface area contributed by atoms with Crippen LogP contribution in [0.15, 0.2) is 0 Å². The Bertz CT molecular complexity index is 30.7. The maximum absolute atomic E-state index is 8.68. The van der Waals surface area contributed by atoms with Gasteiger partial charge in [0.15, 0.2) is 0 Å². The quantitative estimate of drug-likeness (QED) is 0.357. The van der Waals surface area contributed by atoms with Crippen LogP contribution in [0.25, 0.3) is 0 Å². The molecule has 0 aromatic carbocycles. The normalized spacial score (nSPS) is 3.71. The Morgan fingerprint density at radius 1 is 1.00 bits per heavy atom. The van der Waals surface area contributed by atoms with Crippen molar-refractivity contribution in [3.63, 3.8) is 0 Å². The first-order chi connectivity index (χ1) is 2.83. The van der Waals surface area contributed by atoms with E-state index in [1.165, 1.54) is 26.4 Å². The van der Waals surface area contributed by atoms with E-state index >= 15 is 0 Å². The second-order valence-corrected chi connectivity index (χ2v) is 0.408. The molecule has 0 aliphatic carbocycles. The second kappa shape index (κ2) is 40.0. The molecule has 0 saturated carbocycles. The van der Waals surface area contributed by atoms with Crippen molar-refractivity contribution in [3.05, 3.63) is 0 Å². The predicted molar refractivity (Wildman–Crippen MR) is 22.7 cm³/mol. The van der Waals surface area contributed by atoms with Crippen molar-refractivity contribution < 1.29 is 26.7 Å². The molecule has 0 aliphatic heterocycles. The average Bonchev–Trinajstić information content (AvgIpc) is 1.39. The summed E-state index contributed by atoms with van der Waals surface area (Å²) in [5.74, 6) is 0. The van der Waals surface area contributed by atoms with Gasteiger partial charge in [0, 0.05) is 0 Å². The van der Waals surface area contributed by atoms with E-state index in [1.54, 1.807) is 0 Å². The number of hydrogen-bond acceptors (Lipinski definition) is 2. The molecule has 0 unspecified atom stereocenters. The van der Waals surface area contributed by atoms with E-state index < -0.39 is 0 Å². The number of carbonyl (C=O) groups excluding carboxylic acids is 2. The minimum atomic E-state index is 0. The second-order valence-electron chi connectivity index (χ2n) is 0.408. The molecule has 0 rings (SSSR count). The standard InChI is InChI=1S/2C2H3O.Mn/c2*1-2-3;/h2*1H3;/q2*-1;+2. The minimum absolute atomic E-state index is 0. The van der Waals surface area contributed by atoms with Crippen LogP contribution in [-0.4, -0.2) is 12.6 Å². The van der Waals surface area contributed by atoms with E-state index in [9.17, 15) is 0 Å². The fourth-order valence-corrected chi connectivity index (χ4v) is 0. The molecule has 0 atom stereocenters. The van der Waals surface area contributed by atoms with Crippen LogP contribution in [0.4, 0.5) is 0 Å². The molecule has 0 amide bonds. The molecule has 2 nitrogen and oxygen atoms in total. The third-order valence-electron chi connectivity index (χ3n) is 0. The first-order valence-electron chi connectivity index (χ1n) is 1.41. The molecular formula is C4H6MnO2. The van der Waals surface area contributed by atoms with Crippen molar-refractivity contribution in [2.45, 2.75) is 13.8 Å². The zero-order valence-corrected chi connectivity index (χ0v) is 5.37. The summed E-state index contributed by atoms with van der Waals surface area (Å²) in [5.41, 5.74) is 0. The van der Waals surface area contributed by atoms with Gasteiger partial charge in [0.1, 0.15) is 0 Å². The molecule has 0 heterocycles. The third-order valence-corrected chi connectivity index (χ3v) is 0. The van der Waals surface area contributed by atoms with Crippen LogP contribution in [0.2, 0.25) is 0 Å². The van der Waals surface area contributed by atoms with Crippen LogP contribution < -0.4 is 0 Å². The summed E-state index contributed by atoms with van der Waals surface area (Å²) in [7, 11) is 0. The average molecular weight is 141 g/mol. The van der Waals surface area contributed by atoms with E-state index in [2.05, 4.69) is 0 Å².